The van der Waals surface area contributed by atoms with E-state index in [0.717, 1.165) is 16.7 Å². The number of esters is 2. The van der Waals surface area contributed by atoms with Gasteiger partial charge in [-0.25, -0.2) is 0 Å². The molecule has 3 atom stereocenters. The van der Waals surface area contributed by atoms with Gasteiger partial charge in [0.2, 0.25) is 0 Å². The fraction of sp³-hybridized carbons (Fsp3) is 0.462. The van der Waals surface area contributed by atoms with E-state index in [-0.39, 0.29) is 42.9 Å². The van der Waals surface area contributed by atoms with Crippen molar-refractivity contribution in [3.63, 3.8) is 0 Å². The Kier molecular flexibility index (Phi) is 8.26. The first-order valence-corrected chi connectivity index (χ1v) is 11.1. The molecular weight excluding hydrogens is 440 g/mol. The standard InChI is InChI=1S/C26H32O8/c1-15(27)33-13-19-9-18-11-24(31-5)25(32-6)12-20(18)26(21(19)14-34-16(2)28)17-7-8-22(29-3)23(10-17)30-4/h7-8,10-12,19,21,26H,9,13-14H2,1-6H3/t19-,21-,26-/m0/s1. The van der Waals surface area contributed by atoms with Gasteiger partial charge in [-0.05, 0) is 47.4 Å². The predicted octanol–water partition coefficient (Wildman–Crippen LogP) is 3.77. The molecule has 0 radical (unpaired) electrons. The lowest BCUT2D eigenvalue weighted by atomic mass is 9.66. The molecule has 2 aromatic carbocycles. The lowest BCUT2D eigenvalue weighted by Gasteiger charge is -2.40. The molecule has 0 N–H and O–H groups in total. The van der Waals surface area contributed by atoms with Gasteiger partial charge in [-0.1, -0.05) is 6.07 Å². The summed E-state index contributed by atoms with van der Waals surface area (Å²) < 4.78 is 33.0. The van der Waals surface area contributed by atoms with Crippen LogP contribution in [0.3, 0.4) is 0 Å². The highest BCUT2D eigenvalue weighted by atomic mass is 16.5. The Morgan fingerprint density at radius 3 is 1.91 bits per heavy atom. The van der Waals surface area contributed by atoms with E-state index in [4.69, 9.17) is 28.4 Å². The van der Waals surface area contributed by atoms with E-state index in [1.165, 1.54) is 13.8 Å². The van der Waals surface area contributed by atoms with E-state index >= 15 is 0 Å². The van der Waals surface area contributed by atoms with Crippen molar-refractivity contribution in [3.05, 3.63) is 47.0 Å². The monoisotopic (exact) mass is 472 g/mol. The number of ether oxygens (including phenoxy) is 6. The van der Waals surface area contributed by atoms with Crippen LogP contribution in [-0.4, -0.2) is 53.6 Å². The fourth-order valence-corrected chi connectivity index (χ4v) is 4.67. The highest BCUT2D eigenvalue weighted by Gasteiger charge is 2.40. The molecule has 0 aromatic heterocycles. The van der Waals surface area contributed by atoms with Crippen LogP contribution in [-0.2, 0) is 25.5 Å². The molecule has 0 fully saturated rings. The van der Waals surface area contributed by atoms with Gasteiger partial charge in [0.15, 0.2) is 23.0 Å². The Labute approximate surface area is 200 Å². The van der Waals surface area contributed by atoms with Crippen molar-refractivity contribution in [1.29, 1.82) is 0 Å². The zero-order valence-corrected chi connectivity index (χ0v) is 20.5. The Hall–Kier alpha value is -3.42. The van der Waals surface area contributed by atoms with Crippen molar-refractivity contribution in [2.24, 2.45) is 11.8 Å². The maximum atomic E-state index is 11.7. The number of carbonyl (C=O) groups is 2. The molecule has 8 heteroatoms. The van der Waals surface area contributed by atoms with E-state index in [1.54, 1.807) is 28.4 Å². The normalized spacial score (nSPS) is 18.9. The molecule has 0 heterocycles. The van der Waals surface area contributed by atoms with E-state index < -0.39 is 0 Å². The smallest absolute Gasteiger partial charge is 0.302 e. The summed E-state index contributed by atoms with van der Waals surface area (Å²) in [6, 6.07) is 9.69. The Morgan fingerprint density at radius 1 is 0.765 bits per heavy atom. The Bertz CT molecular complexity index is 1030. The summed E-state index contributed by atoms with van der Waals surface area (Å²) in [6.45, 7) is 3.15. The summed E-state index contributed by atoms with van der Waals surface area (Å²) >= 11 is 0. The molecule has 0 bridgehead atoms. The molecule has 8 nitrogen and oxygen atoms in total. The molecule has 34 heavy (non-hydrogen) atoms. The summed E-state index contributed by atoms with van der Waals surface area (Å²) in [7, 11) is 6.37. The molecule has 1 aliphatic rings. The summed E-state index contributed by atoms with van der Waals surface area (Å²) in [4.78, 5) is 23.4. The number of methoxy groups -OCH3 is 4. The number of rotatable bonds is 9. The van der Waals surface area contributed by atoms with Crippen molar-refractivity contribution < 1.29 is 38.0 Å². The van der Waals surface area contributed by atoms with Crippen LogP contribution >= 0.6 is 0 Å². The van der Waals surface area contributed by atoms with Gasteiger partial charge in [0, 0.05) is 31.6 Å². The number of hydrogen-bond acceptors (Lipinski definition) is 8. The van der Waals surface area contributed by atoms with Gasteiger partial charge in [-0.3, -0.25) is 9.59 Å². The average Bonchev–Trinajstić information content (AvgIpc) is 2.84. The molecule has 0 amide bonds. The number of carbonyl (C=O) groups excluding carboxylic acids is 2. The van der Waals surface area contributed by atoms with Gasteiger partial charge in [-0.2, -0.15) is 0 Å². The molecule has 0 unspecified atom stereocenters. The summed E-state index contributed by atoms with van der Waals surface area (Å²) in [5.41, 5.74) is 3.03. The molecule has 0 spiro atoms. The van der Waals surface area contributed by atoms with Crippen molar-refractivity contribution in [3.8, 4) is 23.0 Å². The summed E-state index contributed by atoms with van der Waals surface area (Å²) in [5.74, 6) is 1.27. The molecule has 0 saturated carbocycles. The molecular formula is C26H32O8. The van der Waals surface area contributed by atoms with Crippen LogP contribution in [0.15, 0.2) is 30.3 Å². The first kappa shape index (κ1) is 25.2. The second kappa shape index (κ2) is 11.1. The van der Waals surface area contributed by atoms with Crippen LogP contribution in [0.4, 0.5) is 0 Å². The number of fused-ring (bicyclic) bond motifs is 1. The Balaban J connectivity index is 2.20. The second-order valence-electron chi connectivity index (χ2n) is 8.23. The second-order valence-corrected chi connectivity index (χ2v) is 8.23. The minimum absolute atomic E-state index is 0.0908. The topological polar surface area (TPSA) is 89.5 Å². The third-order valence-electron chi connectivity index (χ3n) is 6.24. The van der Waals surface area contributed by atoms with Crippen LogP contribution in [0.1, 0.15) is 36.5 Å². The largest absolute Gasteiger partial charge is 0.493 e. The summed E-state index contributed by atoms with van der Waals surface area (Å²) in [6.07, 6.45) is 0.624. The van der Waals surface area contributed by atoms with Crippen LogP contribution in [0.25, 0.3) is 0 Å². The van der Waals surface area contributed by atoms with E-state index in [9.17, 15) is 9.59 Å². The average molecular weight is 473 g/mol. The van der Waals surface area contributed by atoms with Crippen LogP contribution in [0.2, 0.25) is 0 Å². The predicted molar refractivity (Wildman–Crippen MR) is 125 cm³/mol. The van der Waals surface area contributed by atoms with Crippen LogP contribution in [0, 0.1) is 11.8 Å². The zero-order chi connectivity index (χ0) is 24.8. The van der Waals surface area contributed by atoms with Gasteiger partial charge in [0.05, 0.1) is 41.7 Å². The number of hydrogen-bond donors (Lipinski definition) is 0. The maximum absolute atomic E-state index is 11.7. The van der Waals surface area contributed by atoms with Crippen molar-refractivity contribution in [1.82, 2.24) is 0 Å². The SMILES string of the molecule is COc1ccc([C@H]2c3cc(OC)c(OC)cc3C[C@@H](COC(C)=O)[C@@H]2COC(C)=O)cc1OC. The van der Waals surface area contributed by atoms with Crippen LogP contribution in [0.5, 0.6) is 23.0 Å². The number of benzene rings is 2. The quantitative estimate of drug-likeness (QED) is 0.510. The molecule has 0 saturated heterocycles. The lowest BCUT2D eigenvalue weighted by molar-refractivity contribution is -0.147. The van der Waals surface area contributed by atoms with E-state index in [2.05, 4.69) is 0 Å². The van der Waals surface area contributed by atoms with E-state index in [0.29, 0.717) is 29.4 Å². The van der Waals surface area contributed by atoms with Gasteiger partial charge in [0.1, 0.15) is 0 Å². The van der Waals surface area contributed by atoms with Crippen molar-refractivity contribution >= 4 is 11.9 Å². The third kappa shape index (κ3) is 5.38. The zero-order valence-electron chi connectivity index (χ0n) is 20.5. The Morgan fingerprint density at radius 2 is 1.32 bits per heavy atom. The molecule has 1 aliphatic carbocycles. The highest BCUT2D eigenvalue weighted by molar-refractivity contribution is 5.66. The molecule has 3 rings (SSSR count). The van der Waals surface area contributed by atoms with Gasteiger partial charge in [-0.15, -0.1) is 0 Å². The highest BCUT2D eigenvalue weighted by Crippen LogP contribution is 2.48. The minimum Gasteiger partial charge on any atom is -0.493 e. The minimum atomic E-state index is -0.365. The van der Waals surface area contributed by atoms with Crippen molar-refractivity contribution in [2.75, 3.05) is 41.7 Å². The molecule has 0 aliphatic heterocycles. The maximum Gasteiger partial charge on any atom is 0.302 e. The molecule has 184 valence electrons. The van der Waals surface area contributed by atoms with Gasteiger partial charge in [0.25, 0.3) is 0 Å². The van der Waals surface area contributed by atoms with Crippen LogP contribution < -0.4 is 18.9 Å². The lowest BCUT2D eigenvalue weighted by Crippen LogP contribution is -2.37. The first-order valence-electron chi connectivity index (χ1n) is 11.1. The molecule has 2 aromatic rings. The van der Waals surface area contributed by atoms with E-state index in [1.807, 2.05) is 30.3 Å². The van der Waals surface area contributed by atoms with Gasteiger partial charge >= 0.3 is 11.9 Å². The third-order valence-corrected chi connectivity index (χ3v) is 6.24. The van der Waals surface area contributed by atoms with Gasteiger partial charge < -0.3 is 28.4 Å². The summed E-state index contributed by atoms with van der Waals surface area (Å²) in [5, 5.41) is 0. The fourth-order valence-electron chi connectivity index (χ4n) is 4.67. The first-order chi connectivity index (χ1) is 16.3. The van der Waals surface area contributed by atoms with Crippen molar-refractivity contribution in [2.45, 2.75) is 26.2 Å².